The molecular formula is C23H28ClFN4O3S. The molecule has 7 nitrogen and oxygen atoms in total. The van der Waals surface area contributed by atoms with Gasteiger partial charge in [-0.05, 0) is 55.3 Å². The van der Waals surface area contributed by atoms with Crippen LogP contribution < -0.4 is 10.2 Å². The summed E-state index contributed by atoms with van der Waals surface area (Å²) >= 11 is 6.35. The zero-order valence-electron chi connectivity index (χ0n) is 18.3. The number of anilines is 2. The fourth-order valence-corrected chi connectivity index (χ4v) is 6.18. The van der Waals surface area contributed by atoms with E-state index >= 15 is 0 Å². The number of nitrogens with zero attached hydrogens (tertiary/aromatic N) is 3. The van der Waals surface area contributed by atoms with Crippen molar-refractivity contribution in [2.75, 3.05) is 49.5 Å². The van der Waals surface area contributed by atoms with Gasteiger partial charge in [-0.25, -0.2) is 17.6 Å². The first-order valence-corrected chi connectivity index (χ1v) is 13.0. The second-order valence-corrected chi connectivity index (χ2v) is 10.7. The number of amides is 2. The molecule has 0 bridgehead atoms. The molecule has 33 heavy (non-hydrogen) atoms. The molecule has 2 fully saturated rings. The van der Waals surface area contributed by atoms with E-state index in [1.165, 1.54) is 28.6 Å². The third-order valence-electron chi connectivity index (χ3n) is 6.12. The molecule has 2 aliphatic rings. The van der Waals surface area contributed by atoms with Gasteiger partial charge in [0.25, 0.3) is 0 Å². The lowest BCUT2D eigenvalue weighted by atomic mass is 10.2. The molecular weight excluding hydrogens is 467 g/mol. The minimum Gasteiger partial charge on any atom is -0.369 e. The molecule has 178 valence electrons. The first-order chi connectivity index (χ1) is 15.8. The Kier molecular flexibility index (Phi) is 7.41. The summed E-state index contributed by atoms with van der Waals surface area (Å²) in [6.45, 7) is 3.01. The van der Waals surface area contributed by atoms with Crippen LogP contribution in [0, 0.1) is 5.82 Å². The number of benzene rings is 2. The first kappa shape index (κ1) is 23.8. The van der Waals surface area contributed by atoms with Crippen molar-refractivity contribution in [2.24, 2.45) is 0 Å². The van der Waals surface area contributed by atoms with Crippen LogP contribution in [-0.2, 0) is 10.0 Å². The number of piperazine rings is 1. The van der Waals surface area contributed by atoms with E-state index < -0.39 is 10.0 Å². The Morgan fingerprint density at radius 2 is 1.52 bits per heavy atom. The van der Waals surface area contributed by atoms with Crippen molar-refractivity contribution in [3.63, 3.8) is 0 Å². The van der Waals surface area contributed by atoms with E-state index in [1.54, 1.807) is 23.1 Å². The highest BCUT2D eigenvalue weighted by molar-refractivity contribution is 7.89. The quantitative estimate of drug-likeness (QED) is 0.683. The molecule has 2 aliphatic heterocycles. The average molecular weight is 495 g/mol. The van der Waals surface area contributed by atoms with Crippen molar-refractivity contribution < 1.29 is 17.6 Å². The van der Waals surface area contributed by atoms with Crippen LogP contribution in [-0.4, -0.2) is 62.9 Å². The summed E-state index contributed by atoms with van der Waals surface area (Å²) in [4.78, 5) is 16.4. The lowest BCUT2D eigenvalue weighted by Crippen LogP contribution is -2.48. The van der Waals surface area contributed by atoms with Crippen molar-refractivity contribution in [1.82, 2.24) is 9.21 Å². The van der Waals surface area contributed by atoms with Crippen LogP contribution in [0.1, 0.15) is 25.7 Å². The maximum absolute atomic E-state index is 13.2. The highest BCUT2D eigenvalue weighted by atomic mass is 35.5. The van der Waals surface area contributed by atoms with Crippen LogP contribution in [0.5, 0.6) is 0 Å². The largest absolute Gasteiger partial charge is 0.369 e. The molecule has 2 saturated heterocycles. The van der Waals surface area contributed by atoms with Gasteiger partial charge in [-0.1, -0.05) is 24.4 Å². The number of rotatable bonds is 4. The smallest absolute Gasteiger partial charge is 0.321 e. The normalized spacial score (nSPS) is 18.1. The van der Waals surface area contributed by atoms with Crippen molar-refractivity contribution in [3.05, 3.63) is 53.3 Å². The molecule has 2 heterocycles. The maximum Gasteiger partial charge on any atom is 0.321 e. The van der Waals surface area contributed by atoms with E-state index in [1.807, 2.05) is 4.90 Å². The maximum atomic E-state index is 13.2. The van der Waals surface area contributed by atoms with Gasteiger partial charge in [0.05, 0.1) is 5.02 Å². The fraction of sp³-hybridized carbons (Fsp3) is 0.435. The number of sulfonamides is 1. The van der Waals surface area contributed by atoms with E-state index in [0.717, 1.165) is 44.5 Å². The predicted octanol–water partition coefficient (Wildman–Crippen LogP) is 4.40. The third-order valence-corrected chi connectivity index (χ3v) is 8.51. The number of hydrogen-bond acceptors (Lipinski definition) is 4. The molecule has 0 saturated carbocycles. The van der Waals surface area contributed by atoms with E-state index in [2.05, 4.69) is 5.32 Å². The summed E-state index contributed by atoms with van der Waals surface area (Å²) in [7, 11) is -3.78. The van der Waals surface area contributed by atoms with Gasteiger partial charge < -0.3 is 15.1 Å². The van der Waals surface area contributed by atoms with Crippen molar-refractivity contribution >= 4 is 39.0 Å². The number of nitrogens with one attached hydrogen (secondary N) is 1. The van der Waals surface area contributed by atoms with Gasteiger partial charge in [0.2, 0.25) is 10.0 Å². The highest BCUT2D eigenvalue weighted by Crippen LogP contribution is 2.29. The molecule has 1 N–H and O–H groups in total. The molecule has 0 radical (unpaired) electrons. The standard InChI is InChI=1S/C23H28ClFN4O3S/c24-21-17-19(26-23(30)28-11-3-1-2-4-12-28)7-10-22(21)33(31,32)29-15-13-27(14-16-29)20-8-5-18(25)6-9-20/h5-10,17H,1-4,11-16H2,(H,26,30). The molecule has 0 atom stereocenters. The molecule has 2 aromatic carbocycles. The van der Waals surface area contributed by atoms with Crippen LogP contribution in [0.4, 0.5) is 20.6 Å². The molecule has 0 unspecified atom stereocenters. The van der Waals surface area contributed by atoms with E-state index in [0.29, 0.717) is 31.9 Å². The Bertz CT molecular complexity index is 1080. The fourth-order valence-electron chi connectivity index (χ4n) is 4.24. The summed E-state index contributed by atoms with van der Waals surface area (Å²) in [6, 6.07) is 10.5. The SMILES string of the molecule is O=C(Nc1ccc(S(=O)(=O)N2CCN(c3ccc(F)cc3)CC2)c(Cl)c1)N1CCCCCC1. The second kappa shape index (κ2) is 10.3. The molecule has 10 heteroatoms. The Balaban J connectivity index is 1.40. The Labute approximate surface area is 199 Å². The molecule has 0 spiro atoms. The minimum atomic E-state index is -3.78. The van der Waals surface area contributed by atoms with Gasteiger partial charge in [-0.2, -0.15) is 4.31 Å². The Morgan fingerprint density at radius 1 is 0.879 bits per heavy atom. The zero-order valence-corrected chi connectivity index (χ0v) is 19.9. The molecule has 0 aromatic heterocycles. The van der Waals surface area contributed by atoms with Gasteiger partial charge in [-0.3, -0.25) is 0 Å². The van der Waals surface area contributed by atoms with E-state index in [-0.39, 0.29) is 21.8 Å². The first-order valence-electron chi connectivity index (χ1n) is 11.2. The van der Waals surface area contributed by atoms with Gasteiger partial charge in [0, 0.05) is 50.6 Å². The van der Waals surface area contributed by atoms with Gasteiger partial charge in [0.1, 0.15) is 10.7 Å². The van der Waals surface area contributed by atoms with E-state index in [9.17, 15) is 17.6 Å². The van der Waals surface area contributed by atoms with E-state index in [4.69, 9.17) is 11.6 Å². The average Bonchev–Trinajstić information content (AvgIpc) is 3.09. The number of likely N-dealkylation sites (tertiary alicyclic amines) is 1. The summed E-state index contributed by atoms with van der Waals surface area (Å²) in [5.74, 6) is -0.305. The molecule has 2 aromatic rings. The summed E-state index contributed by atoms with van der Waals surface area (Å²) in [6.07, 6.45) is 4.22. The monoisotopic (exact) mass is 494 g/mol. The minimum absolute atomic E-state index is 0.0205. The second-order valence-electron chi connectivity index (χ2n) is 8.34. The van der Waals surface area contributed by atoms with Gasteiger partial charge >= 0.3 is 6.03 Å². The number of carbonyl (C=O) groups is 1. The summed E-state index contributed by atoms with van der Waals surface area (Å²) < 4.78 is 41.0. The lowest BCUT2D eigenvalue weighted by molar-refractivity contribution is 0.214. The number of halogens is 2. The van der Waals surface area contributed by atoms with Crippen molar-refractivity contribution in [1.29, 1.82) is 0 Å². The molecule has 4 rings (SSSR count). The highest BCUT2D eigenvalue weighted by Gasteiger charge is 2.30. The van der Waals surface area contributed by atoms with Gasteiger partial charge in [0.15, 0.2) is 0 Å². The van der Waals surface area contributed by atoms with Crippen molar-refractivity contribution in [2.45, 2.75) is 30.6 Å². The summed E-state index contributed by atoms with van der Waals surface area (Å²) in [5.41, 5.74) is 1.32. The van der Waals surface area contributed by atoms with Crippen molar-refractivity contribution in [3.8, 4) is 0 Å². The summed E-state index contributed by atoms with van der Waals surface area (Å²) in [5, 5.41) is 2.90. The Hall–Kier alpha value is -2.36. The number of hydrogen-bond donors (Lipinski definition) is 1. The number of carbonyl (C=O) groups excluding carboxylic acids is 1. The zero-order chi connectivity index (χ0) is 23.4. The third kappa shape index (κ3) is 5.59. The predicted molar refractivity (Wildman–Crippen MR) is 128 cm³/mol. The van der Waals surface area contributed by atoms with Crippen LogP contribution in [0.2, 0.25) is 5.02 Å². The Morgan fingerprint density at radius 3 is 2.12 bits per heavy atom. The topological polar surface area (TPSA) is 73.0 Å². The van der Waals surface area contributed by atoms with Crippen LogP contribution in [0.3, 0.4) is 0 Å². The molecule has 0 aliphatic carbocycles. The van der Waals surface area contributed by atoms with Crippen LogP contribution >= 0.6 is 11.6 Å². The van der Waals surface area contributed by atoms with Gasteiger partial charge in [-0.15, -0.1) is 0 Å². The van der Waals surface area contributed by atoms with Crippen LogP contribution in [0.15, 0.2) is 47.4 Å². The lowest BCUT2D eigenvalue weighted by Gasteiger charge is -2.35. The molecule has 2 amide bonds. The van der Waals surface area contributed by atoms with Crippen LogP contribution in [0.25, 0.3) is 0 Å². The number of urea groups is 1.